The Hall–Kier alpha value is -1.45. The molecule has 1 amide bonds. The van der Waals surface area contributed by atoms with Gasteiger partial charge in [0.25, 0.3) is 5.91 Å². The van der Waals surface area contributed by atoms with Crippen LogP contribution in [0.25, 0.3) is 0 Å². The van der Waals surface area contributed by atoms with Gasteiger partial charge in [-0.3, -0.25) is 14.4 Å². The standard InChI is InChI=1S/C20H26ClNO6S2/c21-18-8-7-17(29-18)16(23)6-9-20(25)28-12-19(24)22(14-4-2-1-3-5-14)15-10-11-30(26,27)13-15/h7-8,14-15H,1-6,9-13H2. The lowest BCUT2D eigenvalue weighted by Crippen LogP contribution is -2.50. The molecule has 0 spiro atoms. The minimum absolute atomic E-state index is 0.00610. The second-order valence-corrected chi connectivity index (χ2v) is 11.8. The van der Waals surface area contributed by atoms with Gasteiger partial charge < -0.3 is 9.64 Å². The van der Waals surface area contributed by atoms with Gasteiger partial charge in [0.05, 0.1) is 27.1 Å². The lowest BCUT2D eigenvalue weighted by molar-refractivity contribution is -0.154. The Bertz CT molecular complexity index is 891. The fourth-order valence-electron chi connectivity index (χ4n) is 4.15. The molecule has 1 saturated heterocycles. The van der Waals surface area contributed by atoms with E-state index in [-0.39, 0.29) is 48.1 Å². The number of esters is 1. The van der Waals surface area contributed by atoms with E-state index in [0.717, 1.165) is 43.4 Å². The van der Waals surface area contributed by atoms with E-state index in [0.29, 0.717) is 15.6 Å². The fourth-order valence-corrected chi connectivity index (χ4v) is 6.87. The summed E-state index contributed by atoms with van der Waals surface area (Å²) < 4.78 is 29.5. The molecule has 1 unspecified atom stereocenters. The minimum atomic E-state index is -3.13. The molecular formula is C20H26ClNO6S2. The van der Waals surface area contributed by atoms with Gasteiger partial charge >= 0.3 is 5.97 Å². The van der Waals surface area contributed by atoms with Crippen molar-refractivity contribution in [1.82, 2.24) is 4.90 Å². The number of carbonyl (C=O) groups excluding carboxylic acids is 3. The van der Waals surface area contributed by atoms with Crippen molar-refractivity contribution >= 4 is 50.4 Å². The SMILES string of the molecule is O=C(CCC(=O)c1ccc(Cl)s1)OCC(=O)N(C1CCCCC1)C1CCS(=O)(=O)C1. The summed E-state index contributed by atoms with van der Waals surface area (Å²) in [6, 6.07) is 2.88. The molecule has 166 valence electrons. The fraction of sp³-hybridized carbons (Fsp3) is 0.650. The predicted molar refractivity (Wildman–Crippen MR) is 115 cm³/mol. The number of Topliss-reactive ketones (excluding diaryl/α,β-unsaturated/α-hetero) is 1. The molecule has 0 N–H and O–H groups in total. The normalized spacial score (nSPS) is 21.3. The number of nitrogens with zero attached hydrogens (tertiary/aromatic N) is 1. The Balaban J connectivity index is 1.53. The molecule has 7 nitrogen and oxygen atoms in total. The third-order valence-electron chi connectivity index (χ3n) is 5.62. The number of hydrogen-bond donors (Lipinski definition) is 0. The van der Waals surface area contributed by atoms with E-state index in [1.54, 1.807) is 17.0 Å². The maximum absolute atomic E-state index is 12.9. The number of hydrogen-bond acceptors (Lipinski definition) is 7. The smallest absolute Gasteiger partial charge is 0.306 e. The van der Waals surface area contributed by atoms with Crippen LogP contribution >= 0.6 is 22.9 Å². The van der Waals surface area contributed by atoms with E-state index >= 15 is 0 Å². The molecule has 2 fully saturated rings. The van der Waals surface area contributed by atoms with Crippen LogP contribution in [0, 0.1) is 0 Å². The molecule has 1 aliphatic carbocycles. The molecule has 10 heteroatoms. The van der Waals surface area contributed by atoms with Crippen molar-refractivity contribution in [3.63, 3.8) is 0 Å². The Morgan fingerprint density at radius 2 is 1.80 bits per heavy atom. The van der Waals surface area contributed by atoms with Crippen molar-refractivity contribution < 1.29 is 27.5 Å². The minimum Gasteiger partial charge on any atom is -0.456 e. The van der Waals surface area contributed by atoms with E-state index in [9.17, 15) is 22.8 Å². The van der Waals surface area contributed by atoms with Gasteiger partial charge in [0.2, 0.25) is 0 Å². The Morgan fingerprint density at radius 1 is 1.07 bits per heavy atom. The number of carbonyl (C=O) groups is 3. The van der Waals surface area contributed by atoms with Crippen LogP contribution in [0.5, 0.6) is 0 Å². The number of halogens is 1. The van der Waals surface area contributed by atoms with E-state index in [1.807, 2.05) is 0 Å². The molecule has 1 aliphatic heterocycles. The molecule has 0 radical (unpaired) electrons. The predicted octanol–water partition coefficient (Wildman–Crippen LogP) is 3.26. The Labute approximate surface area is 185 Å². The lowest BCUT2D eigenvalue weighted by Gasteiger charge is -2.38. The second-order valence-electron chi connectivity index (χ2n) is 7.84. The summed E-state index contributed by atoms with van der Waals surface area (Å²) in [6.45, 7) is -0.426. The number of sulfone groups is 1. The zero-order chi connectivity index (χ0) is 21.7. The molecular weight excluding hydrogens is 450 g/mol. The van der Waals surface area contributed by atoms with Gasteiger partial charge in [0.15, 0.2) is 22.2 Å². The Kier molecular flexibility index (Phi) is 7.92. The molecule has 1 atom stereocenters. The summed E-state index contributed by atoms with van der Waals surface area (Å²) in [5.41, 5.74) is 0. The maximum Gasteiger partial charge on any atom is 0.306 e. The van der Waals surface area contributed by atoms with Crippen LogP contribution in [0.15, 0.2) is 12.1 Å². The van der Waals surface area contributed by atoms with Gasteiger partial charge in [-0.15, -0.1) is 11.3 Å². The number of ether oxygens (including phenoxy) is 1. The summed E-state index contributed by atoms with van der Waals surface area (Å²) >= 11 is 6.97. The quantitative estimate of drug-likeness (QED) is 0.422. The first-order valence-electron chi connectivity index (χ1n) is 10.2. The third-order valence-corrected chi connectivity index (χ3v) is 8.64. The highest BCUT2D eigenvalue weighted by Crippen LogP contribution is 2.28. The van der Waals surface area contributed by atoms with Crippen molar-refractivity contribution in [1.29, 1.82) is 0 Å². The highest BCUT2D eigenvalue weighted by Gasteiger charge is 2.38. The van der Waals surface area contributed by atoms with Crippen LogP contribution in [0.2, 0.25) is 4.34 Å². The number of thiophene rings is 1. The Morgan fingerprint density at radius 3 is 2.40 bits per heavy atom. The first-order chi connectivity index (χ1) is 14.2. The van der Waals surface area contributed by atoms with Crippen molar-refractivity contribution in [2.24, 2.45) is 0 Å². The van der Waals surface area contributed by atoms with Gasteiger partial charge in [-0.1, -0.05) is 30.9 Å². The molecule has 0 aromatic carbocycles. The maximum atomic E-state index is 12.9. The van der Waals surface area contributed by atoms with Gasteiger partial charge in [-0.25, -0.2) is 8.42 Å². The molecule has 30 heavy (non-hydrogen) atoms. The van der Waals surface area contributed by atoms with Crippen LogP contribution in [-0.4, -0.2) is 61.2 Å². The summed E-state index contributed by atoms with van der Waals surface area (Å²) in [4.78, 5) is 39.1. The summed E-state index contributed by atoms with van der Waals surface area (Å²) in [5.74, 6) is -1.12. The monoisotopic (exact) mass is 475 g/mol. The number of rotatable bonds is 8. The van der Waals surface area contributed by atoms with Gasteiger partial charge in [-0.2, -0.15) is 0 Å². The van der Waals surface area contributed by atoms with Crippen LogP contribution in [-0.2, 0) is 24.2 Å². The second kappa shape index (κ2) is 10.2. The van der Waals surface area contributed by atoms with Crippen molar-refractivity contribution in [2.75, 3.05) is 18.1 Å². The number of amides is 1. The molecule has 3 rings (SSSR count). The van der Waals surface area contributed by atoms with E-state index in [4.69, 9.17) is 16.3 Å². The summed E-state index contributed by atoms with van der Waals surface area (Å²) in [6.07, 6.45) is 5.09. The molecule has 1 aromatic rings. The van der Waals surface area contributed by atoms with E-state index in [1.165, 1.54) is 0 Å². The molecule has 2 heterocycles. The van der Waals surface area contributed by atoms with Crippen LogP contribution < -0.4 is 0 Å². The summed E-state index contributed by atoms with van der Waals surface area (Å²) in [5, 5.41) is 0. The first-order valence-corrected chi connectivity index (χ1v) is 13.2. The van der Waals surface area contributed by atoms with Crippen LogP contribution in [0.3, 0.4) is 0 Å². The van der Waals surface area contributed by atoms with Crippen molar-refractivity contribution in [2.45, 2.75) is 63.5 Å². The zero-order valence-corrected chi connectivity index (χ0v) is 19.1. The molecule has 1 saturated carbocycles. The molecule has 2 aliphatic rings. The largest absolute Gasteiger partial charge is 0.456 e. The van der Waals surface area contributed by atoms with Crippen molar-refractivity contribution in [3.8, 4) is 0 Å². The van der Waals surface area contributed by atoms with Crippen LogP contribution in [0.1, 0.15) is 61.0 Å². The van der Waals surface area contributed by atoms with Gasteiger partial charge in [0, 0.05) is 18.5 Å². The van der Waals surface area contributed by atoms with E-state index in [2.05, 4.69) is 0 Å². The van der Waals surface area contributed by atoms with Gasteiger partial charge in [0.1, 0.15) is 0 Å². The lowest BCUT2D eigenvalue weighted by atomic mass is 9.93. The summed E-state index contributed by atoms with van der Waals surface area (Å²) in [7, 11) is -3.13. The highest BCUT2D eigenvalue weighted by atomic mass is 35.5. The molecule has 1 aromatic heterocycles. The average Bonchev–Trinajstić information content (AvgIpc) is 3.30. The topological polar surface area (TPSA) is 97.8 Å². The number of ketones is 1. The average molecular weight is 476 g/mol. The first kappa shape index (κ1) is 23.2. The zero-order valence-electron chi connectivity index (χ0n) is 16.7. The highest BCUT2D eigenvalue weighted by molar-refractivity contribution is 7.91. The third kappa shape index (κ3) is 6.28. The van der Waals surface area contributed by atoms with E-state index < -0.39 is 22.4 Å². The van der Waals surface area contributed by atoms with Crippen LogP contribution in [0.4, 0.5) is 0 Å². The van der Waals surface area contributed by atoms with Gasteiger partial charge in [-0.05, 0) is 31.4 Å². The molecule has 0 bridgehead atoms. The van der Waals surface area contributed by atoms with Crippen molar-refractivity contribution in [3.05, 3.63) is 21.3 Å².